The third-order valence-electron chi connectivity index (χ3n) is 8.19. The number of halogens is 3. The van der Waals surface area contributed by atoms with Gasteiger partial charge in [-0.15, -0.1) is 0 Å². The van der Waals surface area contributed by atoms with Crippen molar-refractivity contribution in [2.75, 3.05) is 0 Å². The van der Waals surface area contributed by atoms with Gasteiger partial charge in [0.25, 0.3) is 5.91 Å². The molecule has 0 aliphatic heterocycles. The molecule has 0 saturated carbocycles. The largest absolute Gasteiger partial charge is 0.416 e. The summed E-state index contributed by atoms with van der Waals surface area (Å²) in [5.74, 6) is -4.39. The number of alkyl halides is 3. The molecule has 0 radical (unpaired) electrons. The Labute approximate surface area is 294 Å². The predicted molar refractivity (Wildman–Crippen MR) is 185 cm³/mol. The number of benzene rings is 3. The number of amides is 5. The van der Waals surface area contributed by atoms with E-state index in [9.17, 15) is 42.3 Å². The van der Waals surface area contributed by atoms with E-state index in [1.165, 1.54) is 6.92 Å². The summed E-state index contributed by atoms with van der Waals surface area (Å²) in [7, 11) is 0. The lowest BCUT2D eigenvalue weighted by Gasteiger charge is -2.28. The summed E-state index contributed by atoms with van der Waals surface area (Å²) >= 11 is 0. The smallest absolute Gasteiger partial charge is 0.382 e. The first-order valence-electron chi connectivity index (χ1n) is 16.5. The van der Waals surface area contributed by atoms with Gasteiger partial charge >= 0.3 is 6.18 Å². The summed E-state index contributed by atoms with van der Waals surface area (Å²) < 4.78 is 39.8. The second kappa shape index (κ2) is 18.7. The number of aliphatic hydroxyl groups excluding tert-OH is 1. The number of hydrogen-bond donors (Lipinski definition) is 6. The Kier molecular flexibility index (Phi) is 14.7. The molecule has 3 aromatic rings. The maximum Gasteiger partial charge on any atom is 0.416 e. The van der Waals surface area contributed by atoms with Gasteiger partial charge < -0.3 is 32.1 Å². The lowest BCUT2D eigenvalue weighted by molar-refractivity contribution is -0.212. The lowest BCUT2D eigenvalue weighted by atomic mass is 9.99. The topological polar surface area (TPSA) is 180 Å². The van der Waals surface area contributed by atoms with Crippen LogP contribution in [0.2, 0.25) is 0 Å². The molecule has 51 heavy (non-hydrogen) atoms. The first kappa shape index (κ1) is 40.2. The maximum absolute atomic E-state index is 13.6. The third-order valence-corrected chi connectivity index (χ3v) is 8.19. The van der Waals surface area contributed by atoms with Gasteiger partial charge in [0.15, 0.2) is 6.10 Å². The molecule has 5 unspecified atom stereocenters. The first-order valence-corrected chi connectivity index (χ1v) is 16.5. The fraction of sp³-hybridized carbons (Fsp3) is 0.378. The molecule has 14 heteroatoms. The Morgan fingerprint density at radius 3 is 1.82 bits per heavy atom. The van der Waals surface area contributed by atoms with Crippen LogP contribution in [0.15, 0.2) is 84.9 Å². The van der Waals surface area contributed by atoms with E-state index in [-0.39, 0.29) is 6.42 Å². The zero-order valence-corrected chi connectivity index (χ0v) is 28.6. The monoisotopic (exact) mass is 711 g/mol. The number of rotatable bonds is 17. The van der Waals surface area contributed by atoms with Crippen LogP contribution in [0.4, 0.5) is 13.2 Å². The van der Waals surface area contributed by atoms with E-state index in [4.69, 9.17) is 5.73 Å². The summed E-state index contributed by atoms with van der Waals surface area (Å²) in [5.41, 5.74) is 8.08. The second-order valence-electron chi connectivity index (χ2n) is 12.6. The number of carbonyl (C=O) groups is 5. The van der Waals surface area contributed by atoms with Gasteiger partial charge in [-0.2, -0.15) is 13.2 Å². The molecule has 7 N–H and O–H groups in total. The normalized spacial score (nSPS) is 14.4. The van der Waals surface area contributed by atoms with Crippen molar-refractivity contribution in [3.63, 3.8) is 0 Å². The van der Waals surface area contributed by atoms with E-state index in [1.54, 1.807) is 50.2 Å². The van der Waals surface area contributed by atoms with E-state index in [0.717, 1.165) is 16.7 Å². The van der Waals surface area contributed by atoms with Crippen LogP contribution in [0.3, 0.4) is 0 Å². The number of aryl methyl sites for hydroxylation is 1. The zero-order valence-electron chi connectivity index (χ0n) is 28.6. The van der Waals surface area contributed by atoms with Gasteiger partial charge in [0.2, 0.25) is 23.6 Å². The SMILES string of the molecule is CC(NC(=O)C(CCc1ccccc1)NC(=O)C(NC(=O)c1ccc(-c2ccccc2)cc1)C(C)C)C(=O)NC(CCC(N)=O)C(O)C(F)(F)F. The van der Waals surface area contributed by atoms with Crippen LogP contribution >= 0.6 is 0 Å². The minimum Gasteiger partial charge on any atom is -0.382 e. The quantitative estimate of drug-likeness (QED) is 0.125. The van der Waals surface area contributed by atoms with Crippen LogP contribution in [0.1, 0.15) is 56.0 Å². The van der Waals surface area contributed by atoms with Crippen LogP contribution in [0, 0.1) is 5.92 Å². The molecule has 0 saturated heterocycles. The van der Waals surface area contributed by atoms with Crippen LogP contribution < -0.4 is 27.0 Å². The highest BCUT2D eigenvalue weighted by Gasteiger charge is 2.44. The summed E-state index contributed by atoms with van der Waals surface area (Å²) in [4.78, 5) is 64.4. The molecule has 0 fully saturated rings. The van der Waals surface area contributed by atoms with E-state index in [0.29, 0.717) is 12.0 Å². The number of carbonyl (C=O) groups excluding carboxylic acids is 5. The number of nitrogens with two attached hydrogens (primary N) is 1. The number of nitrogens with one attached hydrogen (secondary N) is 4. The lowest BCUT2D eigenvalue weighted by Crippen LogP contribution is -2.58. The summed E-state index contributed by atoms with van der Waals surface area (Å²) in [6.07, 6.45) is -8.84. The van der Waals surface area contributed by atoms with Gasteiger partial charge in [0.1, 0.15) is 18.1 Å². The Hall–Kier alpha value is -5.24. The van der Waals surface area contributed by atoms with Crippen LogP contribution in [0.5, 0.6) is 0 Å². The summed E-state index contributed by atoms with van der Waals surface area (Å²) in [6, 6.07) is 19.9. The molecular weight excluding hydrogens is 667 g/mol. The van der Waals surface area contributed by atoms with Gasteiger partial charge in [-0.1, -0.05) is 86.6 Å². The fourth-order valence-corrected chi connectivity index (χ4v) is 5.21. The fourth-order valence-electron chi connectivity index (χ4n) is 5.21. The van der Waals surface area contributed by atoms with Gasteiger partial charge in [0, 0.05) is 12.0 Å². The van der Waals surface area contributed by atoms with Gasteiger partial charge in [-0.25, -0.2) is 0 Å². The first-order chi connectivity index (χ1) is 24.1. The van der Waals surface area contributed by atoms with Crippen molar-refractivity contribution in [1.29, 1.82) is 0 Å². The molecule has 0 aromatic heterocycles. The molecule has 3 aromatic carbocycles. The zero-order chi connectivity index (χ0) is 37.7. The van der Waals surface area contributed by atoms with Crippen molar-refractivity contribution in [3.05, 3.63) is 96.1 Å². The molecule has 0 aliphatic carbocycles. The standard InChI is InChI=1S/C37H44F3N5O6/c1-22(2)31(45-34(49)27-17-15-26(16-18-27)25-12-8-5-9-13-25)36(51)44-29(19-14-24-10-6-4-7-11-24)35(50)42-23(3)33(48)43-28(20-21-30(41)46)32(47)37(38,39)40/h4-13,15-18,22-23,28-29,31-32,47H,14,19-21H2,1-3H3,(H2,41,46)(H,42,50)(H,43,48)(H,44,51)(H,45,49). The van der Waals surface area contributed by atoms with Crippen molar-refractivity contribution in [3.8, 4) is 11.1 Å². The minimum atomic E-state index is -5.11. The molecule has 0 spiro atoms. The Morgan fingerprint density at radius 2 is 1.27 bits per heavy atom. The molecule has 274 valence electrons. The van der Waals surface area contributed by atoms with Crippen LogP contribution in [-0.4, -0.2) is 71.1 Å². The molecule has 3 rings (SSSR count). The van der Waals surface area contributed by atoms with Crippen LogP contribution in [0.25, 0.3) is 11.1 Å². The highest BCUT2D eigenvalue weighted by Crippen LogP contribution is 2.24. The van der Waals surface area contributed by atoms with E-state index in [1.807, 2.05) is 53.8 Å². The molecule has 0 heterocycles. The van der Waals surface area contributed by atoms with E-state index < -0.39 is 84.7 Å². The van der Waals surface area contributed by atoms with Crippen LogP contribution in [-0.2, 0) is 25.6 Å². The number of hydrogen-bond acceptors (Lipinski definition) is 6. The molecular formula is C37H44F3N5O6. The van der Waals surface area contributed by atoms with Gasteiger partial charge in [0.05, 0.1) is 6.04 Å². The predicted octanol–water partition coefficient (Wildman–Crippen LogP) is 3.40. The minimum absolute atomic E-state index is 0.0731. The molecule has 11 nitrogen and oxygen atoms in total. The van der Waals surface area contributed by atoms with Crippen molar-refractivity contribution in [2.24, 2.45) is 11.7 Å². The number of primary amides is 1. The van der Waals surface area contributed by atoms with Crippen molar-refractivity contribution < 1.29 is 42.3 Å². The molecule has 5 atom stereocenters. The molecule has 0 aliphatic rings. The Bertz CT molecular complexity index is 1620. The van der Waals surface area contributed by atoms with E-state index >= 15 is 0 Å². The van der Waals surface area contributed by atoms with Crippen molar-refractivity contribution >= 4 is 29.5 Å². The van der Waals surface area contributed by atoms with E-state index in [2.05, 4.69) is 16.0 Å². The van der Waals surface area contributed by atoms with Gasteiger partial charge in [-0.05, 0) is 60.9 Å². The van der Waals surface area contributed by atoms with Gasteiger partial charge in [-0.3, -0.25) is 24.0 Å². The summed E-state index contributed by atoms with van der Waals surface area (Å²) in [5, 5.41) is 19.6. The third kappa shape index (κ3) is 12.5. The summed E-state index contributed by atoms with van der Waals surface area (Å²) in [6.45, 7) is 4.66. The van der Waals surface area contributed by atoms with Crippen molar-refractivity contribution in [1.82, 2.24) is 21.3 Å². The Balaban J connectivity index is 1.74. The average molecular weight is 712 g/mol. The second-order valence-corrected chi connectivity index (χ2v) is 12.6. The Morgan fingerprint density at radius 1 is 0.706 bits per heavy atom. The highest BCUT2D eigenvalue weighted by molar-refractivity contribution is 5.99. The number of aliphatic hydroxyl groups is 1. The maximum atomic E-state index is 13.6. The average Bonchev–Trinajstić information content (AvgIpc) is 3.10. The highest BCUT2D eigenvalue weighted by atomic mass is 19.4. The van der Waals surface area contributed by atoms with Crippen molar-refractivity contribution in [2.45, 2.75) is 82.9 Å². The molecule has 0 bridgehead atoms. The molecule has 5 amide bonds.